The lowest BCUT2D eigenvalue weighted by Gasteiger charge is -2.25. The summed E-state index contributed by atoms with van der Waals surface area (Å²) in [4.78, 5) is 37.7. The summed E-state index contributed by atoms with van der Waals surface area (Å²) in [6.07, 6.45) is 115. The quantitative estimate of drug-likeness (QED) is 0.0211. The normalized spacial score (nSPS) is 13.9. The van der Waals surface area contributed by atoms with E-state index in [4.69, 9.17) is 18.9 Å². The maximum absolute atomic E-state index is 13.0. The summed E-state index contributed by atoms with van der Waals surface area (Å²) in [6, 6.07) is 0. The molecule has 0 fully saturated rings. The fourth-order valence-electron chi connectivity index (χ4n) is 9.79. The highest BCUT2D eigenvalue weighted by atomic mass is 16.7. The Hall–Kier alpha value is -6.13. The van der Waals surface area contributed by atoms with Crippen LogP contribution in [0.1, 0.15) is 271 Å². The number of hydrogen-bond acceptors (Lipinski definition) is 7. The second-order valence-corrected chi connectivity index (χ2v) is 25.8. The number of quaternary nitrogens is 1. The van der Waals surface area contributed by atoms with E-state index in [9.17, 15) is 19.5 Å². The van der Waals surface area contributed by atoms with Crippen molar-refractivity contribution in [3.63, 3.8) is 0 Å². The zero-order chi connectivity index (χ0) is 70.4. The maximum Gasteiger partial charge on any atom is 0.361 e. The Morgan fingerprint density at radius 1 is 0.309 bits per heavy atom. The van der Waals surface area contributed by atoms with E-state index in [0.717, 1.165) is 141 Å². The number of carboxylic acid groups (broad SMARTS) is 1. The number of nitrogens with zero attached hydrogens (tertiary/aromatic N) is 1. The second-order valence-electron chi connectivity index (χ2n) is 25.8. The molecule has 0 bridgehead atoms. The molecule has 0 saturated heterocycles. The molecule has 0 radical (unpaired) electrons. The minimum absolute atomic E-state index is 0.169. The van der Waals surface area contributed by atoms with Crippen molar-refractivity contribution in [3.05, 3.63) is 207 Å². The van der Waals surface area contributed by atoms with Crippen LogP contribution in [0.5, 0.6) is 0 Å². The van der Waals surface area contributed by atoms with E-state index in [-0.39, 0.29) is 38.6 Å². The van der Waals surface area contributed by atoms with Gasteiger partial charge < -0.3 is 28.5 Å². The summed E-state index contributed by atoms with van der Waals surface area (Å²) in [5.74, 6) is -2.08. The number of carbonyl (C=O) groups excluding carboxylic acids is 2. The molecule has 0 saturated carbocycles. The van der Waals surface area contributed by atoms with E-state index in [1.165, 1.54) is 96.3 Å². The summed E-state index contributed by atoms with van der Waals surface area (Å²) < 4.78 is 22.9. The molecule has 2 atom stereocenters. The lowest BCUT2D eigenvalue weighted by Crippen LogP contribution is -2.40. The Bertz CT molecular complexity index is 2350. The highest BCUT2D eigenvalue weighted by Gasteiger charge is 2.25. The van der Waals surface area contributed by atoms with Crippen LogP contribution in [-0.2, 0) is 33.3 Å². The van der Waals surface area contributed by atoms with Gasteiger partial charge in [-0.2, -0.15) is 0 Å². The fourth-order valence-corrected chi connectivity index (χ4v) is 9.79. The summed E-state index contributed by atoms with van der Waals surface area (Å²) in [5, 5.41) is 9.76. The Kier molecular flexibility index (Phi) is 70.9. The van der Waals surface area contributed by atoms with E-state index >= 15 is 0 Å². The van der Waals surface area contributed by atoms with Crippen LogP contribution in [0.3, 0.4) is 0 Å². The average Bonchev–Trinajstić information content (AvgIpc) is 2.39. The molecule has 0 amide bonds. The van der Waals surface area contributed by atoms with E-state index in [1.807, 2.05) is 21.1 Å². The van der Waals surface area contributed by atoms with Gasteiger partial charge in [0.15, 0.2) is 6.10 Å². The van der Waals surface area contributed by atoms with Crippen LogP contribution in [0.25, 0.3) is 0 Å². The van der Waals surface area contributed by atoms with Gasteiger partial charge in [-0.05, 0) is 148 Å². The van der Waals surface area contributed by atoms with Crippen LogP contribution in [0, 0.1) is 0 Å². The van der Waals surface area contributed by atoms with Crippen LogP contribution < -0.4 is 0 Å². The van der Waals surface area contributed by atoms with E-state index < -0.39 is 24.3 Å². The molecule has 0 rings (SSSR count). The Morgan fingerprint density at radius 2 is 0.557 bits per heavy atom. The third-order valence-electron chi connectivity index (χ3n) is 15.5. The number of ether oxygens (including phenoxy) is 4. The van der Waals surface area contributed by atoms with Crippen molar-refractivity contribution >= 4 is 17.9 Å². The molecule has 0 heterocycles. The number of likely N-dealkylation sites (N-methyl/N-ethyl adjacent to an activating group) is 1. The van der Waals surface area contributed by atoms with Crippen molar-refractivity contribution in [2.24, 2.45) is 0 Å². The highest BCUT2D eigenvalue weighted by Crippen LogP contribution is 2.16. The molecule has 1 N–H and O–H groups in total. The molecule has 0 aromatic rings. The predicted octanol–water partition coefficient (Wildman–Crippen LogP) is 24.7. The van der Waals surface area contributed by atoms with Gasteiger partial charge in [0.2, 0.25) is 0 Å². The van der Waals surface area contributed by atoms with Gasteiger partial charge in [0.25, 0.3) is 6.29 Å². The largest absolute Gasteiger partial charge is 0.477 e. The maximum atomic E-state index is 13.0. The Labute approximate surface area is 594 Å². The monoisotopic (exact) mass is 1340 g/mol. The number of carbonyl (C=O) groups is 3. The number of aliphatic carboxylic acids is 1. The summed E-state index contributed by atoms with van der Waals surface area (Å²) in [7, 11) is 5.95. The molecular weight excluding hydrogens is 1200 g/mol. The number of esters is 2. The summed E-state index contributed by atoms with van der Waals surface area (Å²) >= 11 is 0. The lowest BCUT2D eigenvalue weighted by atomic mass is 10.0. The number of rotatable bonds is 68. The number of allylic oxidation sites excluding steroid dienone is 34. The molecule has 9 nitrogen and oxygen atoms in total. The molecule has 0 aromatic carbocycles. The lowest BCUT2D eigenvalue weighted by molar-refractivity contribution is -0.870. The predicted molar refractivity (Wildman–Crippen MR) is 418 cm³/mol. The van der Waals surface area contributed by atoms with Gasteiger partial charge in [-0.1, -0.05) is 317 Å². The minimum Gasteiger partial charge on any atom is -0.477 e. The minimum atomic E-state index is -1.54. The zero-order valence-electron chi connectivity index (χ0n) is 62.1. The topological polar surface area (TPSA) is 108 Å². The summed E-state index contributed by atoms with van der Waals surface area (Å²) in [6.45, 7) is 4.59. The SMILES string of the molecule is CC/C=C\C/C=C\C/C=C\C/C=C\C/C=C\C/C=C\C/C=C\C/C=C\C/C=C\C/C=C\C/C=C\C/C=C\CCCCC(=O)OC(COC(=O)CCCCCCCCCCCCCCCCCCC/C=C\C/C=C\C/C=C\C/C=C\C/C=C\CC)COC(OCC[N+](C)(C)C)C(=O)O. The average molecular weight is 1340 g/mol. The Morgan fingerprint density at radius 3 is 0.845 bits per heavy atom. The number of carboxylic acids is 1. The molecule has 2 unspecified atom stereocenters. The third kappa shape index (κ3) is 77.1. The molecule has 0 aliphatic carbocycles. The first-order chi connectivity index (χ1) is 47.6. The van der Waals surface area contributed by atoms with Crippen LogP contribution in [0.2, 0.25) is 0 Å². The standard InChI is InChI=1S/C88H139NO8/c1-6-8-10-12-14-16-18-20-22-24-26-28-30-32-34-36-38-40-41-42-43-44-45-47-49-51-53-55-57-59-61-63-65-67-69-71-73-75-77-79-86(91)97-84(83-96-88(87(92)93)94-81-80-89(3,4)5)82-95-85(90)78-76-74-72-70-68-66-64-62-60-58-56-54-52-50-48-46-39-37-35-33-31-29-27-25-23-21-19-17-15-13-11-9-7-2/h8-11,14-17,20-23,26-29,32-35,38,40,42-43,45,47,51,53,57,59,63,65,69,71,84,88H,6-7,12-13,18-19,24-25,30-31,36-37,39,41,44,46,48-50,52,54-56,58,60-62,64,66-68,70,72-83H2,1-5H3/p+1/b10-8-,11-9-,16-14-,17-15-,22-20-,23-21-,28-26-,29-27-,34-32-,35-33-,40-38-,43-42-,47-45-,53-51-,59-57-,65-63-,71-69-. The van der Waals surface area contributed by atoms with E-state index in [0.29, 0.717) is 17.4 Å². The molecule has 0 aliphatic heterocycles. The molecule has 544 valence electrons. The van der Waals surface area contributed by atoms with Crippen molar-refractivity contribution in [1.29, 1.82) is 0 Å². The van der Waals surface area contributed by atoms with Crippen molar-refractivity contribution in [2.75, 3.05) is 47.5 Å². The molecular formula is C88H140NO8+. The van der Waals surface area contributed by atoms with Crippen molar-refractivity contribution < 1.29 is 42.9 Å². The van der Waals surface area contributed by atoms with Crippen molar-refractivity contribution in [2.45, 2.75) is 283 Å². The third-order valence-corrected chi connectivity index (χ3v) is 15.5. The van der Waals surface area contributed by atoms with E-state index in [1.54, 1.807) is 0 Å². The number of hydrogen-bond donors (Lipinski definition) is 1. The fraction of sp³-hybridized carbons (Fsp3) is 0.580. The zero-order valence-corrected chi connectivity index (χ0v) is 62.1. The first kappa shape index (κ1) is 90.9. The van der Waals surface area contributed by atoms with Crippen molar-refractivity contribution in [1.82, 2.24) is 0 Å². The van der Waals surface area contributed by atoms with Crippen LogP contribution in [-0.4, -0.2) is 87.4 Å². The van der Waals surface area contributed by atoms with Gasteiger partial charge in [0, 0.05) is 12.8 Å². The van der Waals surface area contributed by atoms with Gasteiger partial charge in [0.05, 0.1) is 34.4 Å². The molecule has 9 heteroatoms. The molecule has 0 aromatic heterocycles. The number of unbranched alkanes of at least 4 members (excludes halogenated alkanes) is 19. The van der Waals surface area contributed by atoms with E-state index in [2.05, 4.69) is 220 Å². The van der Waals surface area contributed by atoms with Crippen molar-refractivity contribution in [3.8, 4) is 0 Å². The van der Waals surface area contributed by atoms with Gasteiger partial charge in [-0.3, -0.25) is 9.59 Å². The highest BCUT2D eigenvalue weighted by molar-refractivity contribution is 5.71. The van der Waals surface area contributed by atoms with Gasteiger partial charge >= 0.3 is 17.9 Å². The van der Waals surface area contributed by atoms with Crippen LogP contribution in [0.4, 0.5) is 0 Å². The molecule has 0 spiro atoms. The Balaban J connectivity index is 4.22. The van der Waals surface area contributed by atoms with Crippen LogP contribution >= 0.6 is 0 Å². The smallest absolute Gasteiger partial charge is 0.361 e. The second kappa shape index (κ2) is 75.6. The van der Waals surface area contributed by atoms with Gasteiger partial charge in [0.1, 0.15) is 13.2 Å². The first-order valence-corrected chi connectivity index (χ1v) is 38.2. The van der Waals surface area contributed by atoms with Crippen LogP contribution in [0.15, 0.2) is 207 Å². The summed E-state index contributed by atoms with van der Waals surface area (Å²) in [5.41, 5.74) is 0. The van der Waals surface area contributed by atoms with Gasteiger partial charge in [-0.25, -0.2) is 4.79 Å². The molecule has 0 aliphatic rings. The molecule has 97 heavy (non-hydrogen) atoms. The van der Waals surface area contributed by atoms with Gasteiger partial charge in [-0.15, -0.1) is 0 Å². The first-order valence-electron chi connectivity index (χ1n) is 38.2.